The summed E-state index contributed by atoms with van der Waals surface area (Å²) in [5.41, 5.74) is 3.92. The van der Waals surface area contributed by atoms with E-state index in [9.17, 15) is 4.79 Å². The molecule has 2 heterocycles. The lowest BCUT2D eigenvalue weighted by Crippen LogP contribution is -2.25. The van der Waals surface area contributed by atoms with Crippen molar-refractivity contribution in [3.05, 3.63) is 90.0 Å². The molecule has 0 bridgehead atoms. The van der Waals surface area contributed by atoms with Gasteiger partial charge in [-0.2, -0.15) is 0 Å². The first-order chi connectivity index (χ1) is 16.4. The number of aryl methyl sites for hydroxylation is 1. The molecule has 6 heteroatoms. The van der Waals surface area contributed by atoms with Crippen LogP contribution in [0.2, 0.25) is 0 Å². The summed E-state index contributed by atoms with van der Waals surface area (Å²) in [7, 11) is 0. The molecule has 0 unspecified atom stereocenters. The molecule has 0 aliphatic rings. The number of benzene rings is 2. The summed E-state index contributed by atoms with van der Waals surface area (Å²) in [6.07, 6.45) is 3.17. The third kappa shape index (κ3) is 5.81. The first-order valence-corrected chi connectivity index (χ1v) is 11.8. The van der Waals surface area contributed by atoms with E-state index in [1.165, 1.54) is 5.56 Å². The maximum atomic E-state index is 12.2. The smallest absolute Gasteiger partial charge is 0.269 e. The molecule has 0 fully saturated rings. The van der Waals surface area contributed by atoms with E-state index in [0.29, 0.717) is 25.4 Å². The predicted molar refractivity (Wildman–Crippen MR) is 135 cm³/mol. The number of carbonyl (C=O) groups is 1. The quantitative estimate of drug-likeness (QED) is 0.353. The average molecular weight is 457 g/mol. The topological polar surface area (TPSA) is 69.0 Å². The number of hydrogen-bond donors (Lipinski definition) is 1. The van der Waals surface area contributed by atoms with E-state index in [-0.39, 0.29) is 11.3 Å². The molecular formula is C28H32N4O2. The summed E-state index contributed by atoms with van der Waals surface area (Å²) in [4.78, 5) is 21.1. The van der Waals surface area contributed by atoms with Crippen molar-refractivity contribution in [2.45, 2.75) is 45.6 Å². The highest BCUT2D eigenvalue weighted by atomic mass is 16.5. The Hall–Kier alpha value is -3.67. The number of fused-ring (bicyclic) bond motifs is 1. The summed E-state index contributed by atoms with van der Waals surface area (Å²) in [6.45, 7) is 8.45. The van der Waals surface area contributed by atoms with Gasteiger partial charge >= 0.3 is 0 Å². The van der Waals surface area contributed by atoms with Gasteiger partial charge in [0, 0.05) is 19.2 Å². The lowest BCUT2D eigenvalue weighted by Gasteiger charge is -2.19. The van der Waals surface area contributed by atoms with Gasteiger partial charge in [-0.3, -0.25) is 9.78 Å². The first-order valence-electron chi connectivity index (χ1n) is 11.8. The average Bonchev–Trinajstić information content (AvgIpc) is 3.19. The zero-order valence-corrected chi connectivity index (χ0v) is 20.1. The van der Waals surface area contributed by atoms with Crippen LogP contribution in [0.1, 0.15) is 49.1 Å². The van der Waals surface area contributed by atoms with Gasteiger partial charge in [0.25, 0.3) is 5.91 Å². The number of nitrogens with zero attached hydrogens (tertiary/aromatic N) is 3. The van der Waals surface area contributed by atoms with Crippen molar-refractivity contribution in [2.24, 2.45) is 0 Å². The molecule has 0 spiro atoms. The number of nitrogens with one attached hydrogen (secondary N) is 1. The van der Waals surface area contributed by atoms with Crippen LogP contribution in [0.4, 0.5) is 0 Å². The van der Waals surface area contributed by atoms with Crippen molar-refractivity contribution < 1.29 is 9.53 Å². The Kier molecular flexibility index (Phi) is 7.26. The van der Waals surface area contributed by atoms with Crippen LogP contribution < -0.4 is 10.1 Å². The lowest BCUT2D eigenvalue weighted by molar-refractivity contribution is 0.0948. The van der Waals surface area contributed by atoms with Gasteiger partial charge in [0.15, 0.2) is 0 Å². The van der Waals surface area contributed by atoms with Gasteiger partial charge in [-0.25, -0.2) is 4.98 Å². The molecule has 0 radical (unpaired) electrons. The monoisotopic (exact) mass is 456 g/mol. The van der Waals surface area contributed by atoms with E-state index in [4.69, 9.17) is 9.72 Å². The number of para-hydroxylation sites is 2. The lowest BCUT2D eigenvalue weighted by atomic mass is 9.87. The maximum absolute atomic E-state index is 12.2. The van der Waals surface area contributed by atoms with Crippen LogP contribution >= 0.6 is 0 Å². The molecule has 4 rings (SSSR count). The Bertz CT molecular complexity index is 1220. The third-order valence-corrected chi connectivity index (χ3v) is 5.80. The first kappa shape index (κ1) is 23.5. The maximum Gasteiger partial charge on any atom is 0.269 e. The Morgan fingerprint density at radius 3 is 2.50 bits per heavy atom. The predicted octanol–water partition coefficient (Wildman–Crippen LogP) is 5.17. The molecule has 0 saturated carbocycles. The van der Waals surface area contributed by atoms with Crippen molar-refractivity contribution in [3.8, 4) is 5.75 Å². The van der Waals surface area contributed by atoms with Crippen LogP contribution in [-0.4, -0.2) is 33.6 Å². The molecule has 0 atom stereocenters. The molecule has 2 aromatic heterocycles. The Labute approximate surface area is 201 Å². The molecule has 1 amide bonds. The second-order valence-electron chi connectivity index (χ2n) is 9.37. The van der Waals surface area contributed by atoms with Gasteiger partial charge in [0.1, 0.15) is 23.9 Å². The molecule has 0 aliphatic carbocycles. The highest BCUT2D eigenvalue weighted by molar-refractivity contribution is 5.92. The molecule has 0 aliphatic heterocycles. The molecule has 6 nitrogen and oxygen atoms in total. The molecular weight excluding hydrogens is 424 g/mol. The zero-order chi connectivity index (χ0) is 24.0. The highest BCUT2D eigenvalue weighted by Crippen LogP contribution is 2.24. The Morgan fingerprint density at radius 1 is 1.00 bits per heavy atom. The molecule has 1 N–H and O–H groups in total. The number of carbonyl (C=O) groups excluding carboxylic acids is 1. The van der Waals surface area contributed by atoms with E-state index < -0.39 is 0 Å². The van der Waals surface area contributed by atoms with E-state index in [0.717, 1.165) is 35.4 Å². The van der Waals surface area contributed by atoms with E-state index in [1.54, 1.807) is 18.3 Å². The van der Waals surface area contributed by atoms with Gasteiger partial charge in [-0.15, -0.1) is 0 Å². The van der Waals surface area contributed by atoms with E-state index in [2.05, 4.69) is 53.8 Å². The van der Waals surface area contributed by atoms with Crippen LogP contribution in [0.3, 0.4) is 0 Å². The fourth-order valence-corrected chi connectivity index (χ4v) is 3.91. The second-order valence-corrected chi connectivity index (χ2v) is 9.37. The summed E-state index contributed by atoms with van der Waals surface area (Å²) < 4.78 is 8.27. The van der Waals surface area contributed by atoms with Gasteiger partial charge in [0.2, 0.25) is 0 Å². The number of imidazole rings is 1. The van der Waals surface area contributed by atoms with Crippen LogP contribution in [-0.2, 0) is 18.4 Å². The Morgan fingerprint density at radius 2 is 1.76 bits per heavy atom. The number of aromatic nitrogens is 3. The minimum absolute atomic E-state index is 0.125. The standard InChI is InChI=1S/C28H32N4O2/c1-28(2,3)21-13-15-22(16-14-21)34-20-19-32-25-11-5-4-9-23(25)31-26(32)12-8-18-30-27(33)24-10-6-7-17-29-24/h4-7,9-11,13-17H,8,12,18-20H2,1-3H3,(H,30,33). The summed E-state index contributed by atoms with van der Waals surface area (Å²) in [5, 5.41) is 2.94. The minimum Gasteiger partial charge on any atom is -0.492 e. The number of pyridine rings is 1. The molecule has 2 aromatic carbocycles. The van der Waals surface area contributed by atoms with E-state index >= 15 is 0 Å². The summed E-state index contributed by atoms with van der Waals surface area (Å²) in [5.74, 6) is 1.72. The van der Waals surface area contributed by atoms with Crippen molar-refractivity contribution in [3.63, 3.8) is 0 Å². The van der Waals surface area contributed by atoms with E-state index in [1.807, 2.05) is 36.4 Å². The van der Waals surface area contributed by atoms with Crippen molar-refractivity contribution in [2.75, 3.05) is 13.2 Å². The van der Waals surface area contributed by atoms with Gasteiger partial charge in [-0.05, 0) is 53.8 Å². The zero-order valence-electron chi connectivity index (χ0n) is 20.1. The number of hydrogen-bond acceptors (Lipinski definition) is 4. The molecule has 34 heavy (non-hydrogen) atoms. The SMILES string of the molecule is CC(C)(C)c1ccc(OCCn2c(CCCNC(=O)c3ccccn3)nc3ccccc32)cc1. The largest absolute Gasteiger partial charge is 0.492 e. The van der Waals surface area contributed by atoms with Crippen molar-refractivity contribution >= 4 is 16.9 Å². The summed E-state index contributed by atoms with van der Waals surface area (Å²) >= 11 is 0. The van der Waals surface area contributed by atoms with Crippen LogP contribution in [0.15, 0.2) is 72.9 Å². The van der Waals surface area contributed by atoms with Crippen LogP contribution in [0.5, 0.6) is 5.75 Å². The number of amides is 1. The second kappa shape index (κ2) is 10.5. The number of rotatable bonds is 9. The van der Waals surface area contributed by atoms with Crippen LogP contribution in [0.25, 0.3) is 11.0 Å². The summed E-state index contributed by atoms with van der Waals surface area (Å²) in [6, 6.07) is 21.8. The number of ether oxygens (including phenoxy) is 1. The van der Waals surface area contributed by atoms with Crippen LogP contribution in [0, 0.1) is 0 Å². The van der Waals surface area contributed by atoms with Crippen molar-refractivity contribution in [1.29, 1.82) is 0 Å². The Balaban J connectivity index is 1.36. The van der Waals surface area contributed by atoms with Gasteiger partial charge in [0.05, 0.1) is 17.6 Å². The molecule has 0 saturated heterocycles. The molecule has 176 valence electrons. The van der Waals surface area contributed by atoms with Gasteiger partial charge in [-0.1, -0.05) is 51.1 Å². The molecule has 4 aromatic rings. The van der Waals surface area contributed by atoms with Gasteiger partial charge < -0.3 is 14.6 Å². The van der Waals surface area contributed by atoms with Crippen molar-refractivity contribution in [1.82, 2.24) is 19.9 Å². The minimum atomic E-state index is -0.153. The highest BCUT2D eigenvalue weighted by Gasteiger charge is 2.14. The fraction of sp³-hybridized carbons (Fsp3) is 0.321. The fourth-order valence-electron chi connectivity index (χ4n) is 3.91. The normalized spacial score (nSPS) is 11.5. The third-order valence-electron chi connectivity index (χ3n) is 5.80.